The Kier molecular flexibility index (Phi) is 5.12. The molecule has 1 fully saturated rings. The van der Waals surface area contributed by atoms with Crippen molar-refractivity contribution in [2.45, 2.75) is 38.8 Å². The van der Waals surface area contributed by atoms with E-state index in [-0.39, 0.29) is 0 Å². The number of likely N-dealkylation sites (tertiary alicyclic amines) is 1. The smallest absolute Gasteiger partial charge is 0.159 e. The van der Waals surface area contributed by atoms with Crippen LogP contribution in [0.15, 0.2) is 42.6 Å². The fourth-order valence-corrected chi connectivity index (χ4v) is 4.08. The second-order valence-electron chi connectivity index (χ2n) is 7.75. The van der Waals surface area contributed by atoms with E-state index in [9.17, 15) is 0 Å². The van der Waals surface area contributed by atoms with Crippen LogP contribution in [0.4, 0.5) is 5.69 Å². The van der Waals surface area contributed by atoms with Crippen molar-refractivity contribution in [1.29, 1.82) is 0 Å². The number of aromatic nitrogens is 3. The summed E-state index contributed by atoms with van der Waals surface area (Å²) in [5.41, 5.74) is 4.69. The molecular formula is C22H29N5. The van der Waals surface area contributed by atoms with Crippen LogP contribution in [-0.2, 0) is 13.1 Å². The standard InChI is InChI=1S/C22H29N5/c1-4-13-27-21(24-20-6-5-12-23-22(20)27)18-11-14-26(16-18)15-17-7-9-19(10-8-17)25(2)3/h5-10,12,18H,4,11,13-16H2,1-3H3. The first-order valence-electron chi connectivity index (χ1n) is 9.95. The van der Waals surface area contributed by atoms with E-state index in [1.807, 2.05) is 12.3 Å². The summed E-state index contributed by atoms with van der Waals surface area (Å²) in [6.07, 6.45) is 4.14. The Morgan fingerprint density at radius 2 is 1.96 bits per heavy atom. The van der Waals surface area contributed by atoms with E-state index in [2.05, 4.69) is 70.7 Å². The normalized spacial score (nSPS) is 17.7. The fourth-order valence-electron chi connectivity index (χ4n) is 4.08. The molecule has 0 N–H and O–H groups in total. The Bertz CT molecular complexity index is 897. The van der Waals surface area contributed by atoms with Gasteiger partial charge in [0.25, 0.3) is 0 Å². The second-order valence-corrected chi connectivity index (χ2v) is 7.75. The van der Waals surface area contributed by atoms with Gasteiger partial charge in [0.1, 0.15) is 11.3 Å². The van der Waals surface area contributed by atoms with Crippen molar-refractivity contribution in [1.82, 2.24) is 19.4 Å². The zero-order chi connectivity index (χ0) is 18.8. The minimum Gasteiger partial charge on any atom is -0.378 e. The quantitative estimate of drug-likeness (QED) is 0.666. The summed E-state index contributed by atoms with van der Waals surface area (Å²) in [6.45, 7) is 6.42. The first kappa shape index (κ1) is 18.0. The summed E-state index contributed by atoms with van der Waals surface area (Å²) < 4.78 is 2.34. The van der Waals surface area contributed by atoms with Crippen LogP contribution in [0.5, 0.6) is 0 Å². The van der Waals surface area contributed by atoms with Gasteiger partial charge in [-0.3, -0.25) is 4.90 Å². The predicted octanol–water partition coefficient (Wildman–Crippen LogP) is 3.90. The maximum Gasteiger partial charge on any atom is 0.159 e. The molecule has 5 heteroatoms. The molecule has 0 aliphatic carbocycles. The van der Waals surface area contributed by atoms with Gasteiger partial charge in [-0.05, 0) is 49.2 Å². The van der Waals surface area contributed by atoms with E-state index < -0.39 is 0 Å². The number of rotatable bonds is 6. The van der Waals surface area contributed by atoms with E-state index in [1.54, 1.807) is 0 Å². The highest BCUT2D eigenvalue weighted by Gasteiger charge is 2.28. The lowest BCUT2D eigenvalue weighted by Gasteiger charge is -2.18. The third kappa shape index (κ3) is 3.69. The van der Waals surface area contributed by atoms with E-state index in [0.29, 0.717) is 5.92 Å². The van der Waals surface area contributed by atoms with Gasteiger partial charge in [0.15, 0.2) is 5.65 Å². The Hall–Kier alpha value is -2.40. The summed E-state index contributed by atoms with van der Waals surface area (Å²) in [4.78, 5) is 14.2. The van der Waals surface area contributed by atoms with Gasteiger partial charge < -0.3 is 9.47 Å². The lowest BCUT2D eigenvalue weighted by atomic mass is 10.1. The highest BCUT2D eigenvalue weighted by molar-refractivity contribution is 5.71. The average Bonchev–Trinajstić information content (AvgIpc) is 3.27. The van der Waals surface area contributed by atoms with E-state index in [1.165, 1.54) is 23.5 Å². The molecule has 1 unspecified atom stereocenters. The number of hydrogen-bond acceptors (Lipinski definition) is 4. The van der Waals surface area contributed by atoms with Crippen LogP contribution in [0.3, 0.4) is 0 Å². The first-order valence-corrected chi connectivity index (χ1v) is 9.95. The number of fused-ring (bicyclic) bond motifs is 1. The molecule has 0 saturated carbocycles. The van der Waals surface area contributed by atoms with Crippen LogP contribution in [0.1, 0.15) is 37.1 Å². The Morgan fingerprint density at radius 3 is 2.70 bits per heavy atom. The highest BCUT2D eigenvalue weighted by atomic mass is 15.2. The van der Waals surface area contributed by atoms with Gasteiger partial charge in [0, 0.05) is 51.5 Å². The maximum atomic E-state index is 4.95. The van der Waals surface area contributed by atoms with Crippen LogP contribution in [0.2, 0.25) is 0 Å². The second kappa shape index (κ2) is 7.69. The lowest BCUT2D eigenvalue weighted by molar-refractivity contribution is 0.325. The summed E-state index contributed by atoms with van der Waals surface area (Å²) in [6, 6.07) is 13.0. The fraction of sp³-hybridized carbons (Fsp3) is 0.455. The number of pyridine rings is 1. The predicted molar refractivity (Wildman–Crippen MR) is 111 cm³/mol. The Labute approximate surface area is 161 Å². The van der Waals surface area contributed by atoms with Crippen LogP contribution < -0.4 is 4.90 Å². The van der Waals surface area contributed by atoms with Crippen LogP contribution in [0, 0.1) is 0 Å². The Morgan fingerprint density at radius 1 is 1.15 bits per heavy atom. The topological polar surface area (TPSA) is 37.2 Å². The van der Waals surface area contributed by atoms with Crippen LogP contribution >= 0.6 is 0 Å². The van der Waals surface area contributed by atoms with Crippen molar-refractivity contribution in [3.05, 3.63) is 54.0 Å². The van der Waals surface area contributed by atoms with E-state index in [0.717, 1.165) is 43.8 Å². The van der Waals surface area contributed by atoms with Gasteiger partial charge in [-0.15, -0.1) is 0 Å². The SMILES string of the molecule is CCCn1c(C2CCN(Cc3ccc(N(C)C)cc3)C2)nc2cccnc21. The number of hydrogen-bond donors (Lipinski definition) is 0. The molecule has 3 aromatic rings. The summed E-state index contributed by atoms with van der Waals surface area (Å²) in [7, 11) is 4.16. The average molecular weight is 364 g/mol. The van der Waals surface area contributed by atoms with Gasteiger partial charge in [-0.25, -0.2) is 9.97 Å². The van der Waals surface area contributed by atoms with Crippen LogP contribution in [0.25, 0.3) is 11.2 Å². The molecule has 4 rings (SSSR count). The molecular weight excluding hydrogens is 334 g/mol. The van der Waals surface area contributed by atoms with Crippen molar-refractivity contribution >= 4 is 16.9 Å². The largest absolute Gasteiger partial charge is 0.378 e. The zero-order valence-corrected chi connectivity index (χ0v) is 16.6. The number of nitrogens with zero attached hydrogens (tertiary/aromatic N) is 5. The summed E-state index contributed by atoms with van der Waals surface area (Å²) in [5.74, 6) is 1.71. The zero-order valence-electron chi connectivity index (χ0n) is 16.6. The van der Waals surface area contributed by atoms with Crippen molar-refractivity contribution in [3.63, 3.8) is 0 Å². The highest BCUT2D eigenvalue weighted by Crippen LogP contribution is 2.30. The molecule has 142 valence electrons. The maximum absolute atomic E-state index is 4.95. The lowest BCUT2D eigenvalue weighted by Crippen LogP contribution is -2.20. The molecule has 1 aromatic carbocycles. The molecule has 0 radical (unpaired) electrons. The summed E-state index contributed by atoms with van der Waals surface area (Å²) >= 11 is 0. The number of imidazole rings is 1. The molecule has 27 heavy (non-hydrogen) atoms. The van der Waals surface area contributed by atoms with E-state index in [4.69, 9.17) is 4.98 Å². The van der Waals surface area contributed by atoms with Gasteiger partial charge in [-0.2, -0.15) is 0 Å². The third-order valence-electron chi connectivity index (χ3n) is 5.48. The third-order valence-corrected chi connectivity index (χ3v) is 5.48. The first-order chi connectivity index (χ1) is 13.2. The van der Waals surface area contributed by atoms with Crippen molar-refractivity contribution in [2.24, 2.45) is 0 Å². The molecule has 0 bridgehead atoms. The molecule has 5 nitrogen and oxygen atoms in total. The minimum absolute atomic E-state index is 0.492. The molecule has 2 aromatic heterocycles. The molecule has 0 amide bonds. The summed E-state index contributed by atoms with van der Waals surface area (Å²) in [5, 5.41) is 0. The monoisotopic (exact) mass is 363 g/mol. The number of benzene rings is 1. The molecule has 1 aliphatic heterocycles. The van der Waals surface area contributed by atoms with Crippen molar-refractivity contribution in [3.8, 4) is 0 Å². The molecule has 3 heterocycles. The number of anilines is 1. The molecule has 0 spiro atoms. The van der Waals surface area contributed by atoms with Gasteiger partial charge >= 0.3 is 0 Å². The van der Waals surface area contributed by atoms with E-state index >= 15 is 0 Å². The van der Waals surface area contributed by atoms with Crippen molar-refractivity contribution in [2.75, 3.05) is 32.1 Å². The van der Waals surface area contributed by atoms with Gasteiger partial charge in [0.2, 0.25) is 0 Å². The molecule has 1 atom stereocenters. The minimum atomic E-state index is 0.492. The molecule has 1 saturated heterocycles. The van der Waals surface area contributed by atoms with Crippen molar-refractivity contribution < 1.29 is 0 Å². The van der Waals surface area contributed by atoms with Crippen LogP contribution in [-0.4, -0.2) is 46.6 Å². The van der Waals surface area contributed by atoms with Gasteiger partial charge in [0.05, 0.1) is 0 Å². The Balaban J connectivity index is 1.49. The van der Waals surface area contributed by atoms with Gasteiger partial charge in [-0.1, -0.05) is 19.1 Å². The molecule has 1 aliphatic rings. The number of aryl methyl sites for hydroxylation is 1.